The minimum Gasteiger partial charge on any atom is -0.370 e. The highest BCUT2D eigenvalue weighted by Gasteiger charge is 2.00. The van der Waals surface area contributed by atoms with E-state index in [1.165, 1.54) is 0 Å². The molecule has 3 nitrogen and oxygen atoms in total. The molecular formula is C11H16N2OS. The minimum absolute atomic E-state index is 0.0645. The quantitative estimate of drug-likeness (QED) is 0.747. The number of primary amides is 1. The van der Waals surface area contributed by atoms with Crippen molar-refractivity contribution in [2.24, 2.45) is 11.5 Å². The van der Waals surface area contributed by atoms with Gasteiger partial charge in [0.05, 0.1) is 0 Å². The summed E-state index contributed by atoms with van der Waals surface area (Å²) >= 11 is 1.63. The van der Waals surface area contributed by atoms with Crippen LogP contribution in [-0.4, -0.2) is 11.7 Å². The average Bonchev–Trinajstić information content (AvgIpc) is 2.18. The molecule has 0 spiro atoms. The zero-order chi connectivity index (χ0) is 11.3. The summed E-state index contributed by atoms with van der Waals surface area (Å²) < 4.78 is 0. The first-order chi connectivity index (χ1) is 7.09. The average molecular weight is 224 g/mol. The summed E-state index contributed by atoms with van der Waals surface area (Å²) in [7, 11) is 0. The van der Waals surface area contributed by atoms with E-state index in [2.05, 4.69) is 0 Å². The van der Waals surface area contributed by atoms with Crippen LogP contribution in [0.1, 0.15) is 24.9 Å². The molecule has 1 aromatic rings. The van der Waals surface area contributed by atoms with Crippen LogP contribution >= 0.6 is 11.8 Å². The van der Waals surface area contributed by atoms with Gasteiger partial charge >= 0.3 is 0 Å². The number of benzene rings is 1. The predicted octanol–water partition coefficient (Wildman–Crippen LogP) is 1.67. The van der Waals surface area contributed by atoms with Crippen molar-refractivity contribution in [1.82, 2.24) is 0 Å². The van der Waals surface area contributed by atoms with Crippen LogP contribution in [0.5, 0.6) is 0 Å². The van der Waals surface area contributed by atoms with Crippen LogP contribution in [0, 0.1) is 0 Å². The number of nitrogens with two attached hydrogens (primary N) is 2. The van der Waals surface area contributed by atoms with Gasteiger partial charge in [-0.05, 0) is 24.6 Å². The van der Waals surface area contributed by atoms with Crippen molar-refractivity contribution in [3.8, 4) is 0 Å². The minimum atomic E-state index is -0.255. The van der Waals surface area contributed by atoms with Gasteiger partial charge < -0.3 is 11.5 Å². The van der Waals surface area contributed by atoms with Crippen LogP contribution in [0.2, 0.25) is 0 Å². The van der Waals surface area contributed by atoms with Crippen LogP contribution < -0.4 is 11.5 Å². The number of thioether (sulfide) groups is 1. The van der Waals surface area contributed by atoms with E-state index in [9.17, 15) is 4.79 Å². The van der Waals surface area contributed by atoms with Gasteiger partial charge in [0, 0.05) is 23.1 Å². The van der Waals surface area contributed by atoms with Gasteiger partial charge in [-0.3, -0.25) is 4.79 Å². The van der Waals surface area contributed by atoms with Crippen molar-refractivity contribution in [3.05, 3.63) is 29.8 Å². The lowest BCUT2D eigenvalue weighted by Gasteiger charge is -2.06. The summed E-state index contributed by atoms with van der Waals surface area (Å²) in [5.74, 6) is 0.474. The number of rotatable bonds is 5. The molecule has 0 heterocycles. The molecule has 1 rings (SSSR count). The molecule has 4 heteroatoms. The van der Waals surface area contributed by atoms with Crippen molar-refractivity contribution in [3.63, 3.8) is 0 Å². The first kappa shape index (κ1) is 12.1. The molecule has 1 unspecified atom stereocenters. The second-order valence-electron chi connectivity index (χ2n) is 3.42. The fraction of sp³-hybridized carbons (Fsp3) is 0.364. The highest BCUT2D eigenvalue weighted by molar-refractivity contribution is 7.99. The van der Waals surface area contributed by atoms with Crippen LogP contribution in [0.3, 0.4) is 0 Å². The first-order valence-corrected chi connectivity index (χ1v) is 5.85. The Hall–Kier alpha value is -1.00. The molecule has 0 aliphatic heterocycles. The fourth-order valence-corrected chi connectivity index (χ4v) is 2.00. The van der Waals surface area contributed by atoms with Gasteiger partial charge in [0.15, 0.2) is 0 Å². The van der Waals surface area contributed by atoms with Crippen molar-refractivity contribution in [1.29, 1.82) is 0 Å². The third-order valence-corrected chi connectivity index (χ3v) is 3.04. The van der Waals surface area contributed by atoms with Crippen LogP contribution in [0.25, 0.3) is 0 Å². The summed E-state index contributed by atoms with van der Waals surface area (Å²) in [6.45, 7) is 1.95. The Morgan fingerprint density at radius 1 is 1.40 bits per heavy atom. The summed E-state index contributed by atoms with van der Waals surface area (Å²) in [5, 5.41) is 0. The monoisotopic (exact) mass is 224 g/mol. The molecule has 0 saturated carbocycles. The van der Waals surface area contributed by atoms with Gasteiger partial charge in [0.1, 0.15) is 0 Å². The Kier molecular flexibility index (Phi) is 4.65. The molecular weight excluding hydrogens is 208 g/mol. The molecule has 1 amide bonds. The third-order valence-electron chi connectivity index (χ3n) is 2.02. The Labute approximate surface area is 94.2 Å². The Morgan fingerprint density at radius 3 is 2.47 bits per heavy atom. The lowest BCUT2D eigenvalue weighted by molar-refractivity contribution is -0.117. The summed E-state index contributed by atoms with van der Waals surface area (Å²) in [6, 6.07) is 8.12. The lowest BCUT2D eigenvalue weighted by Crippen LogP contribution is -2.10. The van der Waals surface area contributed by atoms with Crippen LogP contribution in [0.15, 0.2) is 29.2 Å². The highest BCUT2D eigenvalue weighted by atomic mass is 32.2. The first-order valence-electron chi connectivity index (χ1n) is 4.86. The van der Waals surface area contributed by atoms with Crippen LogP contribution in [0.4, 0.5) is 0 Å². The second-order valence-corrected chi connectivity index (χ2v) is 4.59. The number of amides is 1. The van der Waals surface area contributed by atoms with E-state index in [1.54, 1.807) is 11.8 Å². The molecule has 1 aromatic carbocycles. The maximum absolute atomic E-state index is 10.5. The zero-order valence-electron chi connectivity index (χ0n) is 8.77. The van der Waals surface area contributed by atoms with Gasteiger partial charge in [-0.15, -0.1) is 11.8 Å². The van der Waals surface area contributed by atoms with E-state index in [0.29, 0.717) is 6.42 Å². The summed E-state index contributed by atoms with van der Waals surface area (Å²) in [5.41, 5.74) is 11.9. The van der Waals surface area contributed by atoms with Crippen molar-refractivity contribution < 1.29 is 4.79 Å². The van der Waals surface area contributed by atoms with Gasteiger partial charge in [-0.1, -0.05) is 12.1 Å². The van der Waals surface area contributed by atoms with E-state index in [1.807, 2.05) is 31.2 Å². The van der Waals surface area contributed by atoms with Crippen molar-refractivity contribution >= 4 is 17.7 Å². The van der Waals surface area contributed by atoms with Gasteiger partial charge in [0.25, 0.3) is 0 Å². The van der Waals surface area contributed by atoms with Crippen LogP contribution in [-0.2, 0) is 4.79 Å². The van der Waals surface area contributed by atoms with E-state index in [4.69, 9.17) is 11.5 Å². The molecule has 15 heavy (non-hydrogen) atoms. The normalized spacial score (nSPS) is 12.4. The molecule has 0 saturated heterocycles. The highest BCUT2D eigenvalue weighted by Crippen LogP contribution is 2.20. The maximum atomic E-state index is 10.5. The summed E-state index contributed by atoms with van der Waals surface area (Å²) in [4.78, 5) is 11.7. The molecule has 4 N–H and O–H groups in total. The Bertz CT molecular complexity index is 322. The van der Waals surface area contributed by atoms with Gasteiger partial charge in [-0.2, -0.15) is 0 Å². The zero-order valence-corrected chi connectivity index (χ0v) is 9.59. The standard InChI is InChI=1S/C11H16N2OS/c1-8(12)9-2-4-10(5-3-9)15-7-6-11(13)14/h2-5,8H,6-7,12H2,1H3,(H2,13,14). The second kappa shape index (κ2) is 5.78. The number of hydrogen-bond acceptors (Lipinski definition) is 3. The molecule has 0 radical (unpaired) electrons. The maximum Gasteiger partial charge on any atom is 0.218 e. The SMILES string of the molecule is CC(N)c1ccc(SCCC(N)=O)cc1. The smallest absolute Gasteiger partial charge is 0.218 e. The third kappa shape index (κ3) is 4.36. The summed E-state index contributed by atoms with van der Waals surface area (Å²) in [6.07, 6.45) is 0.416. The Morgan fingerprint density at radius 2 is 2.00 bits per heavy atom. The van der Waals surface area contributed by atoms with Gasteiger partial charge in [-0.25, -0.2) is 0 Å². The molecule has 0 aliphatic carbocycles. The number of hydrogen-bond donors (Lipinski definition) is 2. The topological polar surface area (TPSA) is 69.1 Å². The van der Waals surface area contributed by atoms with Crippen molar-refractivity contribution in [2.75, 3.05) is 5.75 Å². The molecule has 82 valence electrons. The number of carbonyl (C=O) groups is 1. The lowest BCUT2D eigenvalue weighted by atomic mass is 10.1. The van der Waals surface area contributed by atoms with Crippen molar-refractivity contribution in [2.45, 2.75) is 24.3 Å². The van der Waals surface area contributed by atoms with Gasteiger partial charge in [0.2, 0.25) is 5.91 Å². The number of carbonyl (C=O) groups excluding carboxylic acids is 1. The molecule has 1 atom stereocenters. The van der Waals surface area contributed by atoms with E-state index in [0.717, 1.165) is 16.2 Å². The van der Waals surface area contributed by atoms with E-state index < -0.39 is 0 Å². The molecule has 0 aromatic heterocycles. The molecule has 0 bridgehead atoms. The molecule has 0 aliphatic rings. The largest absolute Gasteiger partial charge is 0.370 e. The van der Waals surface area contributed by atoms with E-state index >= 15 is 0 Å². The fourth-order valence-electron chi connectivity index (χ4n) is 1.14. The van der Waals surface area contributed by atoms with E-state index in [-0.39, 0.29) is 11.9 Å². The Balaban J connectivity index is 2.46. The molecule has 0 fully saturated rings. The predicted molar refractivity (Wildman–Crippen MR) is 63.6 cm³/mol.